The first kappa shape index (κ1) is 17.1. The molecule has 3 nitrogen and oxygen atoms in total. The molecule has 0 bridgehead atoms. The zero-order valence-corrected chi connectivity index (χ0v) is 14.3. The number of nitrogens with zero attached hydrogens (tertiary/aromatic N) is 1. The standard InChI is InChI=1S/C18H25NO2S/c1-14(2)18(21)15-7-9-16(10-8-15)22-13-17(20)19-11-5-3-4-6-12-19/h7-10,14H,3-6,11-13H2,1-2H3. The van der Waals surface area contributed by atoms with Crippen molar-refractivity contribution in [3.8, 4) is 0 Å². The Morgan fingerprint density at radius 1 is 1.05 bits per heavy atom. The highest BCUT2D eigenvalue weighted by atomic mass is 32.2. The topological polar surface area (TPSA) is 37.4 Å². The number of thioether (sulfide) groups is 1. The van der Waals surface area contributed by atoms with Crippen molar-refractivity contribution in [1.82, 2.24) is 4.90 Å². The van der Waals surface area contributed by atoms with E-state index in [0.29, 0.717) is 5.75 Å². The second-order valence-electron chi connectivity index (χ2n) is 6.13. The van der Waals surface area contributed by atoms with E-state index in [9.17, 15) is 9.59 Å². The SMILES string of the molecule is CC(C)C(=O)c1ccc(SCC(=O)N2CCCCCC2)cc1. The van der Waals surface area contributed by atoms with Crippen molar-refractivity contribution in [2.75, 3.05) is 18.8 Å². The van der Waals surface area contributed by atoms with E-state index in [4.69, 9.17) is 0 Å². The van der Waals surface area contributed by atoms with Crippen molar-refractivity contribution >= 4 is 23.5 Å². The lowest BCUT2D eigenvalue weighted by molar-refractivity contribution is -0.128. The molecule has 2 rings (SSSR count). The van der Waals surface area contributed by atoms with Crippen LogP contribution in [-0.2, 0) is 4.79 Å². The van der Waals surface area contributed by atoms with Crippen LogP contribution in [0.4, 0.5) is 0 Å². The van der Waals surface area contributed by atoms with E-state index in [1.54, 1.807) is 11.8 Å². The number of hydrogen-bond acceptors (Lipinski definition) is 3. The van der Waals surface area contributed by atoms with Crippen LogP contribution in [0.15, 0.2) is 29.2 Å². The molecule has 0 atom stereocenters. The predicted octanol–water partition coefficient (Wildman–Crippen LogP) is 4.02. The van der Waals surface area contributed by atoms with Crippen LogP contribution in [0.25, 0.3) is 0 Å². The highest BCUT2D eigenvalue weighted by Gasteiger charge is 2.15. The van der Waals surface area contributed by atoms with Gasteiger partial charge in [-0.05, 0) is 25.0 Å². The van der Waals surface area contributed by atoms with Crippen LogP contribution in [0.1, 0.15) is 49.9 Å². The van der Waals surface area contributed by atoms with Gasteiger partial charge in [-0.15, -0.1) is 11.8 Å². The molecule has 0 aliphatic carbocycles. The first-order valence-electron chi connectivity index (χ1n) is 8.13. The third-order valence-electron chi connectivity index (χ3n) is 3.98. The number of carbonyl (C=O) groups excluding carboxylic acids is 2. The molecular formula is C18H25NO2S. The van der Waals surface area contributed by atoms with Crippen molar-refractivity contribution in [2.45, 2.75) is 44.4 Å². The first-order chi connectivity index (χ1) is 10.6. The maximum Gasteiger partial charge on any atom is 0.232 e. The summed E-state index contributed by atoms with van der Waals surface area (Å²) in [6.07, 6.45) is 4.73. The van der Waals surface area contributed by atoms with E-state index in [0.717, 1.165) is 36.4 Å². The summed E-state index contributed by atoms with van der Waals surface area (Å²) in [6.45, 7) is 5.62. The minimum Gasteiger partial charge on any atom is -0.342 e. The summed E-state index contributed by atoms with van der Waals surface area (Å²) < 4.78 is 0. The minimum absolute atomic E-state index is 0.0168. The van der Waals surface area contributed by atoms with Crippen molar-refractivity contribution in [2.24, 2.45) is 5.92 Å². The van der Waals surface area contributed by atoms with Gasteiger partial charge in [-0.1, -0.05) is 38.8 Å². The number of rotatable bonds is 5. The lowest BCUT2D eigenvalue weighted by Crippen LogP contribution is -2.33. The van der Waals surface area contributed by atoms with Crippen LogP contribution in [0, 0.1) is 5.92 Å². The smallest absolute Gasteiger partial charge is 0.232 e. The second-order valence-corrected chi connectivity index (χ2v) is 7.18. The van der Waals surface area contributed by atoms with Crippen LogP contribution >= 0.6 is 11.8 Å². The summed E-state index contributed by atoms with van der Waals surface area (Å²) in [5, 5.41) is 0. The number of benzene rings is 1. The quantitative estimate of drug-likeness (QED) is 0.607. The fourth-order valence-corrected chi connectivity index (χ4v) is 3.41. The van der Waals surface area contributed by atoms with E-state index in [1.165, 1.54) is 12.8 Å². The van der Waals surface area contributed by atoms with E-state index < -0.39 is 0 Å². The fourth-order valence-electron chi connectivity index (χ4n) is 2.61. The van der Waals surface area contributed by atoms with Gasteiger partial charge in [-0.3, -0.25) is 9.59 Å². The van der Waals surface area contributed by atoms with Crippen molar-refractivity contribution in [3.05, 3.63) is 29.8 Å². The van der Waals surface area contributed by atoms with E-state index in [1.807, 2.05) is 43.0 Å². The molecule has 4 heteroatoms. The summed E-state index contributed by atoms with van der Waals surface area (Å²) in [5.41, 5.74) is 0.748. The number of likely N-dealkylation sites (tertiary alicyclic amines) is 1. The molecule has 1 aliphatic rings. The number of hydrogen-bond donors (Lipinski definition) is 0. The third-order valence-corrected chi connectivity index (χ3v) is 4.98. The number of carbonyl (C=O) groups is 2. The number of Topliss-reactive ketones (excluding diaryl/α,β-unsaturated/α-hetero) is 1. The average Bonchev–Trinajstić information content (AvgIpc) is 2.81. The molecule has 0 N–H and O–H groups in total. The van der Waals surface area contributed by atoms with Gasteiger partial charge in [0, 0.05) is 29.5 Å². The van der Waals surface area contributed by atoms with Gasteiger partial charge in [-0.25, -0.2) is 0 Å². The summed E-state index contributed by atoms with van der Waals surface area (Å²) in [6, 6.07) is 7.61. The lowest BCUT2D eigenvalue weighted by Gasteiger charge is -2.20. The zero-order valence-electron chi connectivity index (χ0n) is 13.5. The summed E-state index contributed by atoms with van der Waals surface area (Å²) in [5.74, 6) is 0.895. The van der Waals surface area contributed by atoms with Gasteiger partial charge in [0.05, 0.1) is 5.75 Å². The van der Waals surface area contributed by atoms with Crippen LogP contribution < -0.4 is 0 Å². The summed E-state index contributed by atoms with van der Waals surface area (Å²) in [4.78, 5) is 27.2. The molecule has 0 radical (unpaired) electrons. The maximum absolute atomic E-state index is 12.2. The van der Waals surface area contributed by atoms with E-state index >= 15 is 0 Å². The Labute approximate surface area is 137 Å². The van der Waals surface area contributed by atoms with Crippen molar-refractivity contribution < 1.29 is 9.59 Å². The fraction of sp³-hybridized carbons (Fsp3) is 0.556. The Morgan fingerprint density at radius 2 is 1.64 bits per heavy atom. The molecule has 22 heavy (non-hydrogen) atoms. The highest BCUT2D eigenvalue weighted by molar-refractivity contribution is 8.00. The van der Waals surface area contributed by atoms with Crippen LogP contribution in [-0.4, -0.2) is 35.4 Å². The molecule has 1 aromatic rings. The Morgan fingerprint density at radius 3 is 2.18 bits per heavy atom. The molecule has 0 aromatic heterocycles. The monoisotopic (exact) mass is 319 g/mol. The Balaban J connectivity index is 1.86. The molecule has 0 saturated carbocycles. The molecule has 1 amide bonds. The van der Waals surface area contributed by atoms with E-state index in [-0.39, 0.29) is 17.6 Å². The Bertz CT molecular complexity index is 502. The van der Waals surface area contributed by atoms with Crippen LogP contribution in [0.5, 0.6) is 0 Å². The molecule has 1 fully saturated rings. The maximum atomic E-state index is 12.2. The van der Waals surface area contributed by atoms with Crippen LogP contribution in [0.2, 0.25) is 0 Å². The summed E-state index contributed by atoms with van der Waals surface area (Å²) in [7, 11) is 0. The van der Waals surface area contributed by atoms with Gasteiger partial charge < -0.3 is 4.90 Å². The van der Waals surface area contributed by atoms with Crippen LogP contribution in [0.3, 0.4) is 0 Å². The molecule has 0 unspecified atom stereocenters. The average molecular weight is 319 g/mol. The van der Waals surface area contributed by atoms with Gasteiger partial charge in [0.2, 0.25) is 5.91 Å². The first-order valence-corrected chi connectivity index (χ1v) is 9.11. The minimum atomic E-state index is 0.0168. The molecule has 1 aliphatic heterocycles. The van der Waals surface area contributed by atoms with Gasteiger partial charge in [0.1, 0.15) is 0 Å². The number of ketones is 1. The molecular weight excluding hydrogens is 294 g/mol. The predicted molar refractivity (Wildman–Crippen MR) is 91.4 cm³/mol. The second kappa shape index (κ2) is 8.37. The van der Waals surface area contributed by atoms with Gasteiger partial charge in [-0.2, -0.15) is 0 Å². The van der Waals surface area contributed by atoms with Gasteiger partial charge in [0.25, 0.3) is 0 Å². The molecule has 1 saturated heterocycles. The van der Waals surface area contributed by atoms with Gasteiger partial charge in [0.15, 0.2) is 5.78 Å². The lowest BCUT2D eigenvalue weighted by atomic mass is 10.0. The molecule has 0 spiro atoms. The molecule has 1 aromatic carbocycles. The van der Waals surface area contributed by atoms with Crippen molar-refractivity contribution in [3.63, 3.8) is 0 Å². The van der Waals surface area contributed by atoms with Gasteiger partial charge >= 0.3 is 0 Å². The third kappa shape index (κ3) is 4.87. The van der Waals surface area contributed by atoms with Crippen molar-refractivity contribution in [1.29, 1.82) is 0 Å². The molecule has 1 heterocycles. The highest BCUT2D eigenvalue weighted by Crippen LogP contribution is 2.21. The Hall–Kier alpha value is -1.29. The zero-order chi connectivity index (χ0) is 15.9. The normalized spacial score (nSPS) is 15.7. The number of amides is 1. The summed E-state index contributed by atoms with van der Waals surface area (Å²) >= 11 is 1.56. The largest absolute Gasteiger partial charge is 0.342 e. The Kier molecular flexibility index (Phi) is 6.49. The van der Waals surface area contributed by atoms with E-state index in [2.05, 4.69) is 0 Å². The molecule has 120 valence electrons.